The average Bonchev–Trinajstić information content (AvgIpc) is 4.11. The van der Waals surface area contributed by atoms with E-state index in [-0.39, 0.29) is 23.2 Å². The second kappa shape index (κ2) is 20.3. The fraction of sp³-hybridized carbons (Fsp3) is 0.417. The van der Waals surface area contributed by atoms with Gasteiger partial charge in [-0.2, -0.15) is 0 Å². The Hall–Kier alpha value is -4.99. The van der Waals surface area contributed by atoms with Crippen LogP contribution in [-0.4, -0.2) is 73.5 Å². The standard InChI is InChI=1S/C24H26ClFN4O2.C23H23Cl2FN4O2.CH4/c1-13-18(25)3-4-19(23(13)26)30-24-17-7-21(31-2)22(8-20(17)28-12-29-24)32-11-14-5-15-9-27-10-16(15)6-14;1-31-19-6-15-18(7-20(19)32-10-12-4-13-8-27-9-14(13)5-12)28-11-29-23(15)30-17-3-2-16(24)21(25)22(17)26;/h3-4,7-8,12,14-16,27H,5-6,9-11H2,1-2H3,(H,28,29,30);2-3,6-7,11-14,27H,4-5,8-10H2,1H3,(H,28,29,30);1H4/t14?,15-,16+;12?,13-,14+;. The third-order valence-electron chi connectivity index (χ3n) is 13.2. The fourth-order valence-electron chi connectivity index (χ4n) is 9.78. The van der Waals surface area contributed by atoms with E-state index >= 15 is 0 Å². The first-order chi connectivity index (χ1) is 31.1. The minimum atomic E-state index is -0.644. The third-order valence-corrected chi connectivity index (χ3v) is 14.3. The van der Waals surface area contributed by atoms with Crippen molar-refractivity contribution < 1.29 is 27.7 Å². The molecule has 4 aliphatic rings. The van der Waals surface area contributed by atoms with Gasteiger partial charge in [0.05, 0.1) is 59.9 Å². The lowest BCUT2D eigenvalue weighted by Gasteiger charge is -2.17. The van der Waals surface area contributed by atoms with Crippen LogP contribution < -0.4 is 40.2 Å². The topological polar surface area (TPSA) is 137 Å². The zero-order valence-corrected chi connectivity index (χ0v) is 37.9. The van der Waals surface area contributed by atoms with Gasteiger partial charge in [0, 0.05) is 33.5 Å². The van der Waals surface area contributed by atoms with Crippen LogP contribution in [0, 0.1) is 54.1 Å². The highest BCUT2D eigenvalue weighted by Gasteiger charge is 2.38. The number of ether oxygens (including phenoxy) is 4. The van der Waals surface area contributed by atoms with Crippen molar-refractivity contribution in [3.05, 3.63) is 93.5 Å². The van der Waals surface area contributed by atoms with Crippen LogP contribution in [0.2, 0.25) is 15.1 Å². The van der Waals surface area contributed by atoms with Gasteiger partial charge < -0.3 is 40.2 Å². The number of benzene rings is 4. The van der Waals surface area contributed by atoms with Crippen LogP contribution in [-0.2, 0) is 0 Å². The molecule has 4 N–H and O–H groups in total. The maximum Gasteiger partial charge on any atom is 0.166 e. The molecule has 0 radical (unpaired) electrons. The Kier molecular flexibility index (Phi) is 14.5. The Balaban J connectivity index is 0.000000175. The SMILES string of the molecule is C.COc1cc2c(Nc3ccc(Cl)c(C)c3F)ncnc2cc1OCC1C[C@H]2CNC[C@H]2C1.COc1cc2c(Nc3ccc(Cl)c(Cl)c3F)ncnc2cc1OCC1C[C@H]2CNC[C@H]2C1. The van der Waals surface area contributed by atoms with Crippen molar-refractivity contribution in [1.82, 2.24) is 30.6 Å². The number of methoxy groups -OCH3 is 2. The molecular formula is C48H53Cl3F2N8O4. The van der Waals surface area contributed by atoms with Crippen molar-refractivity contribution in [2.75, 3.05) is 64.2 Å². The van der Waals surface area contributed by atoms with Gasteiger partial charge in [-0.05, 0) is 131 Å². The molecule has 10 rings (SSSR count). The van der Waals surface area contributed by atoms with Crippen LogP contribution in [0.5, 0.6) is 23.0 Å². The molecule has 6 aromatic rings. The summed E-state index contributed by atoms with van der Waals surface area (Å²) in [5.41, 5.74) is 2.20. The lowest BCUT2D eigenvalue weighted by atomic mass is 10.0. The quantitative estimate of drug-likeness (QED) is 0.0869. The first-order valence-corrected chi connectivity index (χ1v) is 22.6. The number of anilines is 4. The molecule has 6 atom stereocenters. The van der Waals surface area contributed by atoms with E-state index in [1.807, 2.05) is 18.2 Å². The number of hydrogen-bond donors (Lipinski definition) is 4. The van der Waals surface area contributed by atoms with E-state index < -0.39 is 11.6 Å². The van der Waals surface area contributed by atoms with Gasteiger partial charge in [0.2, 0.25) is 0 Å². The summed E-state index contributed by atoms with van der Waals surface area (Å²) in [6.45, 7) is 7.45. The van der Waals surface area contributed by atoms with Gasteiger partial charge in [-0.15, -0.1) is 0 Å². The Morgan fingerprint density at radius 3 is 1.48 bits per heavy atom. The largest absolute Gasteiger partial charge is 0.493 e. The summed E-state index contributed by atoms with van der Waals surface area (Å²) in [6, 6.07) is 13.6. The van der Waals surface area contributed by atoms with E-state index in [0.717, 1.165) is 49.9 Å². The molecule has 2 aliphatic carbocycles. The van der Waals surface area contributed by atoms with E-state index in [0.29, 0.717) is 97.8 Å². The van der Waals surface area contributed by atoms with Gasteiger partial charge >= 0.3 is 0 Å². The lowest BCUT2D eigenvalue weighted by molar-refractivity contribution is 0.234. The van der Waals surface area contributed by atoms with E-state index in [1.165, 1.54) is 50.5 Å². The molecule has 65 heavy (non-hydrogen) atoms. The summed E-state index contributed by atoms with van der Waals surface area (Å²) in [7, 11) is 3.20. The minimum Gasteiger partial charge on any atom is -0.493 e. The molecule has 2 unspecified atom stereocenters. The Morgan fingerprint density at radius 2 is 1.03 bits per heavy atom. The molecule has 2 aromatic heterocycles. The van der Waals surface area contributed by atoms with Gasteiger partial charge in [-0.3, -0.25) is 0 Å². The molecule has 0 amide bonds. The summed E-state index contributed by atoms with van der Waals surface area (Å²) in [6.07, 6.45) is 7.66. The van der Waals surface area contributed by atoms with Crippen molar-refractivity contribution in [2.24, 2.45) is 35.5 Å². The summed E-state index contributed by atoms with van der Waals surface area (Å²) in [5, 5.41) is 14.8. The third kappa shape index (κ3) is 9.93. The molecule has 4 aromatic carbocycles. The first kappa shape index (κ1) is 46.5. The Bertz CT molecular complexity index is 2480. The van der Waals surface area contributed by atoms with Gasteiger partial charge in [0.25, 0.3) is 0 Å². The highest BCUT2D eigenvalue weighted by Crippen LogP contribution is 2.43. The summed E-state index contributed by atoms with van der Waals surface area (Å²) >= 11 is 17.8. The maximum atomic E-state index is 14.7. The van der Waals surface area contributed by atoms with Crippen molar-refractivity contribution in [1.29, 1.82) is 0 Å². The van der Waals surface area contributed by atoms with Gasteiger partial charge in [-0.1, -0.05) is 42.2 Å². The average molecular weight is 950 g/mol. The van der Waals surface area contributed by atoms with Crippen molar-refractivity contribution in [3.63, 3.8) is 0 Å². The van der Waals surface area contributed by atoms with Crippen LogP contribution in [0.15, 0.2) is 61.2 Å². The van der Waals surface area contributed by atoms with Crippen LogP contribution in [0.3, 0.4) is 0 Å². The number of halogens is 5. The number of aromatic nitrogens is 4. The molecule has 17 heteroatoms. The van der Waals surface area contributed by atoms with Crippen LogP contribution in [0.4, 0.5) is 31.8 Å². The van der Waals surface area contributed by atoms with Crippen molar-refractivity contribution >= 4 is 79.6 Å². The second-order valence-corrected chi connectivity index (χ2v) is 18.3. The summed E-state index contributed by atoms with van der Waals surface area (Å²) in [5.74, 6) is 6.53. The molecule has 2 saturated heterocycles. The van der Waals surface area contributed by atoms with Crippen molar-refractivity contribution in [3.8, 4) is 23.0 Å². The van der Waals surface area contributed by atoms with E-state index in [4.69, 9.17) is 53.8 Å². The number of fused-ring (bicyclic) bond motifs is 4. The van der Waals surface area contributed by atoms with Gasteiger partial charge in [0.1, 0.15) is 24.3 Å². The van der Waals surface area contributed by atoms with Crippen LogP contribution >= 0.6 is 34.8 Å². The van der Waals surface area contributed by atoms with E-state index in [1.54, 1.807) is 39.3 Å². The zero-order chi connectivity index (χ0) is 44.5. The summed E-state index contributed by atoms with van der Waals surface area (Å²) < 4.78 is 52.7. The lowest BCUT2D eigenvalue weighted by Crippen LogP contribution is -2.15. The number of nitrogens with zero attached hydrogens (tertiary/aromatic N) is 4. The van der Waals surface area contributed by atoms with E-state index in [9.17, 15) is 8.78 Å². The molecular weight excluding hydrogens is 897 g/mol. The fourth-order valence-corrected chi connectivity index (χ4v) is 10.2. The predicted molar refractivity (Wildman–Crippen MR) is 254 cm³/mol. The first-order valence-electron chi connectivity index (χ1n) is 21.5. The monoisotopic (exact) mass is 948 g/mol. The van der Waals surface area contributed by atoms with Gasteiger partial charge in [-0.25, -0.2) is 28.7 Å². The molecule has 12 nitrogen and oxygen atoms in total. The number of rotatable bonds is 12. The number of hydrogen-bond acceptors (Lipinski definition) is 12. The molecule has 0 bridgehead atoms. The highest BCUT2D eigenvalue weighted by atomic mass is 35.5. The molecule has 2 aliphatic heterocycles. The summed E-state index contributed by atoms with van der Waals surface area (Å²) in [4.78, 5) is 17.3. The number of nitrogens with one attached hydrogen (secondary N) is 4. The van der Waals surface area contributed by atoms with Crippen molar-refractivity contribution in [2.45, 2.75) is 40.0 Å². The second-order valence-electron chi connectivity index (χ2n) is 17.1. The Labute approximate surface area is 392 Å². The molecule has 344 valence electrons. The van der Waals surface area contributed by atoms with E-state index in [2.05, 4.69) is 41.2 Å². The highest BCUT2D eigenvalue weighted by molar-refractivity contribution is 6.42. The smallest absolute Gasteiger partial charge is 0.166 e. The Morgan fingerprint density at radius 1 is 0.600 bits per heavy atom. The molecule has 4 fully saturated rings. The molecule has 2 saturated carbocycles. The molecule has 4 heterocycles. The maximum absolute atomic E-state index is 14.7. The zero-order valence-electron chi connectivity index (χ0n) is 35.6. The van der Waals surface area contributed by atoms with Crippen LogP contribution in [0.1, 0.15) is 38.7 Å². The normalized spacial score (nSPS) is 21.8. The predicted octanol–water partition coefficient (Wildman–Crippen LogP) is 11.2. The molecule has 0 spiro atoms. The van der Waals surface area contributed by atoms with Gasteiger partial charge in [0.15, 0.2) is 34.6 Å². The minimum absolute atomic E-state index is 0. The van der Waals surface area contributed by atoms with Crippen LogP contribution in [0.25, 0.3) is 21.8 Å².